The summed E-state index contributed by atoms with van der Waals surface area (Å²) in [6.45, 7) is 0.561. The first-order chi connectivity index (χ1) is 14.2. The Labute approximate surface area is 174 Å². The van der Waals surface area contributed by atoms with Crippen LogP contribution in [0.2, 0.25) is 5.02 Å². The van der Waals surface area contributed by atoms with Crippen molar-refractivity contribution < 1.29 is 0 Å². The van der Waals surface area contributed by atoms with Gasteiger partial charge in [-0.1, -0.05) is 103 Å². The van der Waals surface area contributed by atoms with Crippen LogP contribution < -0.4 is 5.32 Å². The van der Waals surface area contributed by atoms with Gasteiger partial charge in [0.2, 0.25) is 0 Å². The fraction of sp³-hybridized carbons (Fsp3) is 0.0417. The van der Waals surface area contributed by atoms with E-state index in [-0.39, 0.29) is 0 Å². The van der Waals surface area contributed by atoms with Crippen molar-refractivity contribution in [3.63, 3.8) is 0 Å². The molecule has 4 nitrogen and oxygen atoms in total. The third-order valence-electron chi connectivity index (χ3n) is 4.58. The highest BCUT2D eigenvalue weighted by Crippen LogP contribution is 2.33. The van der Waals surface area contributed by atoms with Crippen molar-refractivity contribution in [1.82, 2.24) is 10.2 Å². The fourth-order valence-corrected chi connectivity index (χ4v) is 3.41. The normalized spacial score (nSPS) is 10.5. The molecule has 0 atom stereocenters. The number of anilines is 1. The molecule has 0 amide bonds. The molecule has 2 N–H and O–H groups in total. The molecule has 4 aromatic rings. The Balaban J connectivity index is 1.78. The van der Waals surface area contributed by atoms with Crippen LogP contribution in [0.3, 0.4) is 0 Å². The van der Waals surface area contributed by atoms with Crippen LogP contribution >= 0.6 is 11.6 Å². The van der Waals surface area contributed by atoms with Gasteiger partial charge in [0.25, 0.3) is 0 Å². The molecule has 142 valence electrons. The molecular formula is C24H19ClN4. The lowest BCUT2D eigenvalue weighted by atomic mass is 10.0. The van der Waals surface area contributed by atoms with Crippen molar-refractivity contribution >= 4 is 23.1 Å². The third kappa shape index (κ3) is 4.18. The Hall–Kier alpha value is -3.50. The van der Waals surface area contributed by atoms with Crippen LogP contribution in [0.4, 0.5) is 5.82 Å². The van der Waals surface area contributed by atoms with Gasteiger partial charge in [0.1, 0.15) is 5.69 Å². The van der Waals surface area contributed by atoms with Crippen molar-refractivity contribution in [3.05, 3.63) is 113 Å². The lowest BCUT2D eigenvalue weighted by molar-refractivity contribution is 1.00. The number of rotatable bonds is 6. The molecule has 1 heterocycles. The fourth-order valence-electron chi connectivity index (χ4n) is 3.08. The van der Waals surface area contributed by atoms with Crippen LogP contribution in [0.5, 0.6) is 0 Å². The molecule has 0 saturated carbocycles. The minimum Gasteiger partial charge on any atom is -0.364 e. The van der Waals surface area contributed by atoms with E-state index in [2.05, 4.69) is 15.5 Å². The first kappa shape index (κ1) is 18.8. The molecule has 0 aliphatic heterocycles. The first-order valence-electron chi connectivity index (χ1n) is 9.28. The molecule has 0 aliphatic rings. The van der Waals surface area contributed by atoms with Gasteiger partial charge in [0.15, 0.2) is 5.82 Å². The molecule has 0 saturated heterocycles. The molecule has 0 aliphatic carbocycles. The number of benzene rings is 3. The monoisotopic (exact) mass is 398 g/mol. The van der Waals surface area contributed by atoms with Crippen molar-refractivity contribution in [2.45, 2.75) is 6.54 Å². The highest BCUT2D eigenvalue weighted by molar-refractivity contribution is 6.38. The molecule has 0 unspecified atom stereocenters. The number of hydrogen-bond acceptors (Lipinski definition) is 4. The predicted octanol–water partition coefficient (Wildman–Crippen LogP) is 5.83. The Morgan fingerprint density at radius 2 is 1.38 bits per heavy atom. The Bertz CT molecular complexity index is 1110. The maximum atomic E-state index is 8.80. The van der Waals surface area contributed by atoms with E-state index in [9.17, 15) is 0 Å². The number of aromatic nitrogens is 2. The van der Waals surface area contributed by atoms with Crippen LogP contribution in [0.15, 0.2) is 91.0 Å². The van der Waals surface area contributed by atoms with E-state index in [1.165, 1.54) is 0 Å². The van der Waals surface area contributed by atoms with Crippen LogP contribution in [0.25, 0.3) is 11.3 Å². The van der Waals surface area contributed by atoms with Crippen LogP contribution in [-0.4, -0.2) is 15.9 Å². The van der Waals surface area contributed by atoms with Gasteiger partial charge >= 0.3 is 0 Å². The lowest BCUT2D eigenvalue weighted by Gasteiger charge is -2.15. The number of halogens is 1. The summed E-state index contributed by atoms with van der Waals surface area (Å²) in [5.41, 5.74) is 4.15. The van der Waals surface area contributed by atoms with E-state index in [1.807, 2.05) is 91.0 Å². The predicted molar refractivity (Wildman–Crippen MR) is 119 cm³/mol. The van der Waals surface area contributed by atoms with Crippen LogP contribution in [0, 0.1) is 5.41 Å². The zero-order valence-electron chi connectivity index (χ0n) is 15.6. The maximum Gasteiger partial charge on any atom is 0.159 e. The minimum absolute atomic E-state index is 0.304. The van der Waals surface area contributed by atoms with E-state index < -0.39 is 0 Å². The summed E-state index contributed by atoms with van der Waals surface area (Å²) in [5.74, 6) is 0.493. The maximum absolute atomic E-state index is 8.80. The van der Waals surface area contributed by atoms with Crippen molar-refractivity contribution in [2.24, 2.45) is 0 Å². The Morgan fingerprint density at radius 3 is 2.03 bits per heavy atom. The largest absolute Gasteiger partial charge is 0.364 e. The zero-order chi connectivity index (χ0) is 20.1. The second-order valence-corrected chi connectivity index (χ2v) is 6.91. The van der Waals surface area contributed by atoms with Crippen LogP contribution in [-0.2, 0) is 6.54 Å². The van der Waals surface area contributed by atoms with Gasteiger partial charge < -0.3 is 5.32 Å². The summed E-state index contributed by atoms with van der Waals surface area (Å²) in [6, 6.07) is 29.2. The summed E-state index contributed by atoms with van der Waals surface area (Å²) >= 11 is 6.79. The van der Waals surface area contributed by atoms with Crippen molar-refractivity contribution in [2.75, 3.05) is 5.32 Å². The molecule has 0 bridgehead atoms. The standard InChI is InChI=1S/C24H19ClN4/c25-21-20(22(26)18-12-6-2-7-13-18)24(27-16-17-10-4-1-5-11-17)29-28-23(21)19-14-8-3-9-15-19/h1-15,26H,16H2,(H,27,29). The van der Waals surface area contributed by atoms with Gasteiger partial charge in [-0.25, -0.2) is 0 Å². The molecule has 3 aromatic carbocycles. The highest BCUT2D eigenvalue weighted by Gasteiger charge is 2.20. The lowest BCUT2D eigenvalue weighted by Crippen LogP contribution is -2.12. The molecule has 4 rings (SSSR count). The second-order valence-electron chi connectivity index (χ2n) is 6.53. The first-order valence-corrected chi connectivity index (χ1v) is 9.65. The van der Waals surface area contributed by atoms with E-state index in [0.717, 1.165) is 16.7 Å². The second kappa shape index (κ2) is 8.67. The van der Waals surface area contributed by atoms with E-state index in [4.69, 9.17) is 17.0 Å². The van der Waals surface area contributed by atoms with Gasteiger partial charge in [0, 0.05) is 17.7 Å². The van der Waals surface area contributed by atoms with Gasteiger partial charge in [-0.05, 0) is 5.56 Å². The summed E-state index contributed by atoms with van der Waals surface area (Å²) < 4.78 is 0. The summed E-state index contributed by atoms with van der Waals surface area (Å²) in [7, 11) is 0. The van der Waals surface area contributed by atoms with Gasteiger partial charge in [-0.15, -0.1) is 10.2 Å². The van der Waals surface area contributed by atoms with E-state index in [1.54, 1.807) is 0 Å². The molecule has 0 radical (unpaired) electrons. The van der Waals surface area contributed by atoms with E-state index >= 15 is 0 Å². The molecule has 0 fully saturated rings. The minimum atomic E-state index is 0.304. The third-order valence-corrected chi connectivity index (χ3v) is 4.94. The highest BCUT2D eigenvalue weighted by atomic mass is 35.5. The van der Waals surface area contributed by atoms with Crippen molar-refractivity contribution in [1.29, 1.82) is 5.41 Å². The summed E-state index contributed by atoms with van der Waals surface area (Å²) in [5, 5.41) is 21.3. The average molecular weight is 399 g/mol. The number of nitrogens with zero attached hydrogens (tertiary/aromatic N) is 2. The molecule has 0 spiro atoms. The number of nitrogens with one attached hydrogen (secondary N) is 2. The molecule has 5 heteroatoms. The molecular weight excluding hydrogens is 380 g/mol. The van der Waals surface area contributed by atoms with Crippen molar-refractivity contribution in [3.8, 4) is 11.3 Å². The van der Waals surface area contributed by atoms with E-state index in [0.29, 0.717) is 34.4 Å². The molecule has 29 heavy (non-hydrogen) atoms. The quantitative estimate of drug-likeness (QED) is 0.402. The SMILES string of the molecule is N=C(c1ccccc1)c1c(NCc2ccccc2)nnc(-c2ccccc2)c1Cl. The van der Waals surface area contributed by atoms with Gasteiger partial charge in [-0.2, -0.15) is 0 Å². The van der Waals surface area contributed by atoms with Gasteiger partial charge in [0.05, 0.1) is 16.3 Å². The average Bonchev–Trinajstić information content (AvgIpc) is 2.79. The Morgan fingerprint density at radius 1 is 0.793 bits per heavy atom. The topological polar surface area (TPSA) is 61.7 Å². The van der Waals surface area contributed by atoms with Gasteiger partial charge in [-0.3, -0.25) is 5.41 Å². The Kier molecular flexibility index (Phi) is 5.63. The number of hydrogen-bond donors (Lipinski definition) is 2. The summed E-state index contributed by atoms with van der Waals surface area (Å²) in [6.07, 6.45) is 0. The van der Waals surface area contributed by atoms with Crippen LogP contribution in [0.1, 0.15) is 16.7 Å². The molecule has 1 aromatic heterocycles. The summed E-state index contributed by atoms with van der Waals surface area (Å²) in [4.78, 5) is 0. The zero-order valence-corrected chi connectivity index (χ0v) is 16.4. The smallest absolute Gasteiger partial charge is 0.159 e.